The quantitative estimate of drug-likeness (QED) is 0.393. The van der Waals surface area contributed by atoms with Crippen molar-refractivity contribution in [2.45, 2.75) is 19.3 Å². The number of carbonyl (C=O) groups is 1. The van der Waals surface area contributed by atoms with E-state index in [9.17, 15) is 4.79 Å². The lowest BCUT2D eigenvalue weighted by molar-refractivity contribution is 0.112. The van der Waals surface area contributed by atoms with Crippen LogP contribution in [0.1, 0.15) is 28.9 Å². The maximum atomic E-state index is 11.0. The van der Waals surface area contributed by atoms with Gasteiger partial charge in [0, 0.05) is 30.1 Å². The smallest absolute Gasteiger partial charge is 0.162 e. The number of piperidine rings is 1. The third-order valence-corrected chi connectivity index (χ3v) is 6.57. The summed E-state index contributed by atoms with van der Waals surface area (Å²) in [4.78, 5) is 18.8. The van der Waals surface area contributed by atoms with E-state index in [2.05, 4.69) is 27.1 Å². The molecule has 0 amide bonds. The van der Waals surface area contributed by atoms with Crippen LogP contribution in [-0.2, 0) is 0 Å². The molecule has 0 aliphatic carbocycles. The van der Waals surface area contributed by atoms with Crippen LogP contribution < -0.4 is 4.74 Å². The Morgan fingerprint density at radius 2 is 1.87 bits per heavy atom. The van der Waals surface area contributed by atoms with Crippen LogP contribution >= 0.6 is 11.3 Å². The summed E-state index contributed by atoms with van der Waals surface area (Å²) in [5, 5.41) is 6.42. The molecule has 3 aromatic heterocycles. The zero-order valence-electron chi connectivity index (χ0n) is 17.2. The van der Waals surface area contributed by atoms with Gasteiger partial charge in [0.1, 0.15) is 12.4 Å². The molecule has 0 saturated carbocycles. The van der Waals surface area contributed by atoms with Crippen molar-refractivity contribution >= 4 is 23.3 Å². The molecule has 31 heavy (non-hydrogen) atoms. The van der Waals surface area contributed by atoms with Gasteiger partial charge < -0.3 is 4.74 Å². The van der Waals surface area contributed by atoms with E-state index in [4.69, 9.17) is 4.74 Å². The average molecular weight is 433 g/mol. The van der Waals surface area contributed by atoms with Crippen LogP contribution in [0.25, 0.3) is 27.9 Å². The molecule has 0 radical (unpaired) electrons. The Kier molecular flexibility index (Phi) is 5.78. The van der Waals surface area contributed by atoms with Crippen molar-refractivity contribution in [3.63, 3.8) is 0 Å². The molecule has 0 unspecified atom stereocenters. The van der Waals surface area contributed by atoms with Crippen LogP contribution in [0.5, 0.6) is 5.75 Å². The molecule has 1 fully saturated rings. The van der Waals surface area contributed by atoms with E-state index in [1.165, 1.54) is 43.7 Å². The summed E-state index contributed by atoms with van der Waals surface area (Å²) >= 11 is 1.42. The van der Waals surface area contributed by atoms with Crippen molar-refractivity contribution in [2.24, 2.45) is 0 Å². The molecule has 6 nitrogen and oxygen atoms in total. The minimum atomic E-state index is 0.698. The van der Waals surface area contributed by atoms with Gasteiger partial charge in [-0.25, -0.2) is 9.50 Å². The number of benzene rings is 1. The lowest BCUT2D eigenvalue weighted by Gasteiger charge is -2.26. The van der Waals surface area contributed by atoms with Crippen molar-refractivity contribution in [3.8, 4) is 28.0 Å². The Morgan fingerprint density at radius 1 is 1.03 bits per heavy atom. The predicted molar refractivity (Wildman–Crippen MR) is 123 cm³/mol. The number of hydrogen-bond donors (Lipinski definition) is 0. The van der Waals surface area contributed by atoms with Gasteiger partial charge in [0.05, 0.1) is 11.1 Å². The fraction of sp³-hybridized carbons (Fsp3) is 0.292. The standard InChI is InChI=1S/C24H24N4O2S/c29-16-22-12-19(17-31-22)23-14-26-28-15-20(13-25-24(23)28)18-4-6-21(7-5-18)30-11-10-27-8-2-1-3-9-27/h4-7,12-17H,1-3,8-11H2. The van der Waals surface area contributed by atoms with E-state index >= 15 is 0 Å². The van der Waals surface area contributed by atoms with E-state index < -0.39 is 0 Å². The molecule has 1 aliphatic rings. The Morgan fingerprint density at radius 3 is 2.65 bits per heavy atom. The van der Waals surface area contributed by atoms with Crippen molar-refractivity contribution in [2.75, 3.05) is 26.2 Å². The minimum absolute atomic E-state index is 0.698. The van der Waals surface area contributed by atoms with Crippen molar-refractivity contribution in [3.05, 3.63) is 59.2 Å². The van der Waals surface area contributed by atoms with E-state index in [-0.39, 0.29) is 0 Å². The molecule has 1 aromatic carbocycles. The number of likely N-dealkylation sites (tertiary alicyclic amines) is 1. The number of aldehydes is 1. The summed E-state index contributed by atoms with van der Waals surface area (Å²) in [6.07, 6.45) is 10.5. The molecule has 1 saturated heterocycles. The van der Waals surface area contributed by atoms with Gasteiger partial charge in [0.15, 0.2) is 11.9 Å². The highest BCUT2D eigenvalue weighted by molar-refractivity contribution is 7.12. The number of thiophene rings is 1. The molecule has 0 spiro atoms. The SMILES string of the molecule is O=Cc1cc(-c2cnn3cc(-c4ccc(OCCN5CCCCC5)cc4)cnc23)cs1. The molecule has 4 aromatic rings. The van der Waals surface area contributed by atoms with Crippen molar-refractivity contribution in [1.82, 2.24) is 19.5 Å². The highest BCUT2D eigenvalue weighted by Crippen LogP contribution is 2.29. The first-order valence-electron chi connectivity index (χ1n) is 10.6. The first-order chi connectivity index (χ1) is 15.3. The van der Waals surface area contributed by atoms with Gasteiger partial charge in [-0.2, -0.15) is 5.10 Å². The topological polar surface area (TPSA) is 59.7 Å². The largest absolute Gasteiger partial charge is 0.492 e. The van der Waals surface area contributed by atoms with Crippen molar-refractivity contribution < 1.29 is 9.53 Å². The summed E-state index contributed by atoms with van der Waals surface area (Å²) in [6, 6.07) is 10.00. The number of rotatable bonds is 7. The number of carbonyl (C=O) groups excluding carboxylic acids is 1. The Hall–Kier alpha value is -3.03. The number of fused-ring (bicyclic) bond motifs is 1. The van der Waals surface area contributed by atoms with Crippen LogP contribution in [0.3, 0.4) is 0 Å². The van der Waals surface area contributed by atoms with Crippen LogP contribution in [0.15, 0.2) is 54.3 Å². The van der Waals surface area contributed by atoms with Gasteiger partial charge in [-0.3, -0.25) is 9.69 Å². The fourth-order valence-corrected chi connectivity index (χ4v) is 4.71. The first-order valence-corrected chi connectivity index (χ1v) is 11.5. The fourth-order valence-electron chi connectivity index (χ4n) is 4.00. The molecule has 5 rings (SSSR count). The predicted octanol–water partition coefficient (Wildman–Crippen LogP) is 4.80. The minimum Gasteiger partial charge on any atom is -0.492 e. The van der Waals surface area contributed by atoms with Gasteiger partial charge in [0.25, 0.3) is 0 Å². The summed E-state index contributed by atoms with van der Waals surface area (Å²) in [5.74, 6) is 0.889. The van der Waals surface area contributed by atoms with Gasteiger partial charge >= 0.3 is 0 Å². The van der Waals surface area contributed by atoms with E-state index in [1.54, 1.807) is 10.7 Å². The van der Waals surface area contributed by atoms with Gasteiger partial charge in [-0.05, 0) is 60.6 Å². The van der Waals surface area contributed by atoms with Gasteiger partial charge in [-0.1, -0.05) is 18.6 Å². The second-order valence-electron chi connectivity index (χ2n) is 7.80. The molecule has 0 N–H and O–H groups in total. The monoisotopic (exact) mass is 432 g/mol. The zero-order chi connectivity index (χ0) is 21.0. The van der Waals surface area contributed by atoms with Gasteiger partial charge in [0.2, 0.25) is 0 Å². The van der Waals surface area contributed by atoms with Crippen LogP contribution in [0.2, 0.25) is 0 Å². The average Bonchev–Trinajstić information content (AvgIpc) is 3.46. The maximum absolute atomic E-state index is 11.0. The molecule has 4 heterocycles. The van der Waals surface area contributed by atoms with Crippen LogP contribution in [0.4, 0.5) is 0 Å². The maximum Gasteiger partial charge on any atom is 0.162 e. The van der Waals surface area contributed by atoms with E-state index in [0.717, 1.165) is 53.1 Å². The molecule has 1 aliphatic heterocycles. The van der Waals surface area contributed by atoms with Crippen LogP contribution in [0, 0.1) is 0 Å². The third-order valence-electron chi connectivity index (χ3n) is 5.72. The second kappa shape index (κ2) is 8.99. The van der Waals surface area contributed by atoms with Crippen LogP contribution in [-0.4, -0.2) is 52.0 Å². The molecule has 158 valence electrons. The Bertz CT molecular complexity index is 1180. The summed E-state index contributed by atoms with van der Waals surface area (Å²) in [6.45, 7) is 4.09. The summed E-state index contributed by atoms with van der Waals surface area (Å²) in [5.41, 5.74) is 4.72. The summed E-state index contributed by atoms with van der Waals surface area (Å²) in [7, 11) is 0. The molecular formula is C24H24N4O2S. The Balaban J connectivity index is 1.27. The number of nitrogens with zero attached hydrogens (tertiary/aromatic N) is 4. The third kappa shape index (κ3) is 4.38. The second-order valence-corrected chi connectivity index (χ2v) is 8.74. The molecule has 7 heteroatoms. The van der Waals surface area contributed by atoms with Gasteiger partial charge in [-0.15, -0.1) is 11.3 Å². The summed E-state index contributed by atoms with van der Waals surface area (Å²) < 4.78 is 7.72. The first kappa shape index (κ1) is 19.9. The highest BCUT2D eigenvalue weighted by Gasteiger charge is 2.12. The number of ether oxygens (including phenoxy) is 1. The molecule has 0 atom stereocenters. The zero-order valence-corrected chi connectivity index (χ0v) is 18.1. The highest BCUT2D eigenvalue weighted by atomic mass is 32.1. The van der Waals surface area contributed by atoms with Crippen molar-refractivity contribution in [1.29, 1.82) is 0 Å². The normalized spacial score (nSPS) is 14.7. The number of aromatic nitrogens is 3. The molecular weight excluding hydrogens is 408 g/mol. The lowest BCUT2D eigenvalue weighted by atomic mass is 10.1. The Labute approximate surface area is 185 Å². The lowest BCUT2D eigenvalue weighted by Crippen LogP contribution is -2.33. The number of hydrogen-bond acceptors (Lipinski definition) is 6. The van der Waals surface area contributed by atoms with E-state index in [1.807, 2.05) is 36.0 Å². The molecule has 0 bridgehead atoms. The van der Waals surface area contributed by atoms with E-state index in [0.29, 0.717) is 4.88 Å².